The molecular weight excluding hydrogens is 472 g/mol. The number of nitrogens with one attached hydrogen (secondary N) is 2. The van der Waals surface area contributed by atoms with Crippen molar-refractivity contribution in [3.63, 3.8) is 0 Å². The van der Waals surface area contributed by atoms with Crippen molar-refractivity contribution >= 4 is 11.9 Å². The van der Waals surface area contributed by atoms with Gasteiger partial charge in [0.1, 0.15) is 0 Å². The lowest BCUT2D eigenvalue weighted by molar-refractivity contribution is -0.453. The number of fused-ring (bicyclic) bond motifs is 1. The lowest BCUT2D eigenvalue weighted by atomic mass is 9.53. The summed E-state index contributed by atoms with van der Waals surface area (Å²) in [5.41, 5.74) is -4.15. The average Bonchev–Trinajstić information content (AvgIpc) is 2.74. The van der Waals surface area contributed by atoms with Crippen molar-refractivity contribution in [1.29, 1.82) is 0 Å². The predicted octanol–water partition coefficient (Wildman–Crippen LogP) is 5.14. The van der Waals surface area contributed by atoms with Crippen molar-refractivity contribution in [3.8, 4) is 0 Å². The van der Waals surface area contributed by atoms with Crippen LogP contribution in [0.4, 0.5) is 0 Å². The van der Waals surface area contributed by atoms with E-state index in [1.165, 1.54) is 13.8 Å². The van der Waals surface area contributed by atoms with Gasteiger partial charge in [-0.2, -0.15) is 9.78 Å². The zero-order valence-corrected chi connectivity index (χ0v) is 24.8. The van der Waals surface area contributed by atoms with Gasteiger partial charge < -0.3 is 10.6 Å². The lowest BCUT2D eigenvalue weighted by Crippen LogP contribution is -2.73. The molecule has 3 saturated heterocycles. The van der Waals surface area contributed by atoms with Gasteiger partial charge in [0.2, 0.25) is 0 Å². The number of carbonyl (C=O) groups excluding carboxylic acids is 2. The topological polar surface area (TPSA) is 95.1 Å². The summed E-state index contributed by atoms with van der Waals surface area (Å²) in [4.78, 5) is 50.7. The van der Waals surface area contributed by atoms with E-state index in [0.717, 1.165) is 38.5 Å². The molecule has 2 atom stereocenters. The molecule has 0 amide bonds. The fraction of sp³-hybridized carbons (Fsp3) is 0.931. The highest BCUT2D eigenvalue weighted by atomic mass is 17.2. The molecule has 8 nitrogen and oxygen atoms in total. The van der Waals surface area contributed by atoms with Gasteiger partial charge in [-0.05, 0) is 120 Å². The standard InChI is InChI=1S/C29H50N2O6/c1-23(2)15-19(16-24(3,4)30-23)28-13-11-12-14-29(28,20-17-25(5,6)31-26(7,8)18-20)37-35-22(33)27(9,10)21(32)34-36-28/h19-20,30-31H,11-18H2,1-10H3. The monoisotopic (exact) mass is 522 g/mol. The van der Waals surface area contributed by atoms with Crippen LogP contribution in [-0.4, -0.2) is 45.3 Å². The Morgan fingerprint density at radius 3 is 1.16 bits per heavy atom. The molecule has 3 aliphatic heterocycles. The van der Waals surface area contributed by atoms with Gasteiger partial charge in [-0.1, -0.05) is 12.8 Å². The fourth-order valence-electron chi connectivity index (χ4n) is 8.48. The first-order chi connectivity index (χ1) is 16.8. The molecule has 0 spiro atoms. The maximum atomic E-state index is 13.2. The Hall–Kier alpha value is -1.22. The van der Waals surface area contributed by atoms with Crippen LogP contribution in [-0.2, 0) is 29.1 Å². The Kier molecular flexibility index (Phi) is 6.92. The summed E-state index contributed by atoms with van der Waals surface area (Å²) in [6.07, 6.45) is 6.43. The Bertz CT molecular complexity index is 821. The van der Waals surface area contributed by atoms with Crippen molar-refractivity contribution in [2.75, 3.05) is 0 Å². The molecule has 1 aliphatic carbocycles. The van der Waals surface area contributed by atoms with E-state index in [1.54, 1.807) is 0 Å². The number of piperidine rings is 2. The molecule has 0 aromatic heterocycles. The Morgan fingerprint density at radius 2 is 0.865 bits per heavy atom. The van der Waals surface area contributed by atoms with Crippen LogP contribution in [0.2, 0.25) is 0 Å². The largest absolute Gasteiger partial charge is 0.359 e. The molecular formula is C29H50N2O6. The maximum absolute atomic E-state index is 13.2. The first kappa shape index (κ1) is 28.8. The van der Waals surface area contributed by atoms with Gasteiger partial charge in [-0.15, -0.1) is 0 Å². The quantitative estimate of drug-likeness (QED) is 0.380. The minimum Gasteiger partial charge on any atom is -0.307 e. The van der Waals surface area contributed by atoms with E-state index in [1.807, 2.05) is 0 Å². The highest BCUT2D eigenvalue weighted by Gasteiger charge is 2.69. The maximum Gasteiger partial charge on any atom is 0.359 e. The van der Waals surface area contributed by atoms with E-state index < -0.39 is 28.6 Å². The highest BCUT2D eigenvalue weighted by Crippen LogP contribution is 2.59. The van der Waals surface area contributed by atoms with Crippen LogP contribution in [0.3, 0.4) is 0 Å². The predicted molar refractivity (Wildman–Crippen MR) is 140 cm³/mol. The third-order valence-electron chi connectivity index (χ3n) is 9.31. The Morgan fingerprint density at radius 1 is 0.568 bits per heavy atom. The second kappa shape index (κ2) is 8.90. The van der Waals surface area contributed by atoms with E-state index in [-0.39, 0.29) is 34.0 Å². The van der Waals surface area contributed by atoms with Crippen molar-refractivity contribution in [3.05, 3.63) is 0 Å². The average molecular weight is 523 g/mol. The molecule has 0 aromatic rings. The summed E-state index contributed by atoms with van der Waals surface area (Å²) in [5.74, 6) is -1.48. The van der Waals surface area contributed by atoms with Gasteiger partial charge in [0.15, 0.2) is 16.6 Å². The second-order valence-corrected chi connectivity index (χ2v) is 15.5. The molecule has 1 saturated carbocycles. The molecule has 212 valence electrons. The molecule has 0 bridgehead atoms. The van der Waals surface area contributed by atoms with Crippen molar-refractivity contribution in [1.82, 2.24) is 10.6 Å². The summed E-state index contributed by atoms with van der Waals surface area (Å²) < 4.78 is 0. The second-order valence-electron chi connectivity index (χ2n) is 15.5. The van der Waals surface area contributed by atoms with Gasteiger partial charge in [0, 0.05) is 22.2 Å². The molecule has 37 heavy (non-hydrogen) atoms. The fourth-order valence-corrected chi connectivity index (χ4v) is 8.48. The van der Waals surface area contributed by atoms with Crippen LogP contribution in [0.5, 0.6) is 0 Å². The van der Waals surface area contributed by atoms with E-state index in [4.69, 9.17) is 19.6 Å². The number of rotatable bonds is 2. The highest BCUT2D eigenvalue weighted by molar-refractivity contribution is 5.98. The summed E-state index contributed by atoms with van der Waals surface area (Å²) in [5, 5.41) is 7.56. The zero-order valence-electron chi connectivity index (χ0n) is 24.8. The molecule has 4 fully saturated rings. The summed E-state index contributed by atoms with van der Waals surface area (Å²) in [6.45, 7) is 20.7. The lowest BCUT2D eigenvalue weighted by Gasteiger charge is -2.62. The van der Waals surface area contributed by atoms with Crippen molar-refractivity contribution in [2.24, 2.45) is 17.3 Å². The molecule has 2 N–H and O–H groups in total. The van der Waals surface area contributed by atoms with Crippen molar-refractivity contribution in [2.45, 2.75) is 154 Å². The first-order valence-electron chi connectivity index (χ1n) is 14.1. The minimum absolute atomic E-state index is 0.00729. The third kappa shape index (κ3) is 5.20. The van der Waals surface area contributed by atoms with Gasteiger partial charge in [0.05, 0.1) is 0 Å². The van der Waals surface area contributed by atoms with E-state index in [0.29, 0.717) is 12.8 Å². The molecule has 0 radical (unpaired) electrons. The summed E-state index contributed by atoms with van der Waals surface area (Å²) >= 11 is 0. The zero-order chi connectivity index (χ0) is 27.7. The van der Waals surface area contributed by atoms with E-state index in [9.17, 15) is 9.59 Å². The number of hydrogen-bond donors (Lipinski definition) is 2. The SMILES string of the molecule is CC1(C)CC(C23CCCCC2(C2CC(C)(C)NC(C)(C)C2)OOC(=O)C(C)(C)C(=O)OO3)CC(C)(C)N1. The van der Waals surface area contributed by atoms with Crippen LogP contribution in [0.1, 0.15) is 121 Å². The first-order valence-corrected chi connectivity index (χ1v) is 14.1. The summed E-state index contributed by atoms with van der Waals surface area (Å²) in [7, 11) is 0. The summed E-state index contributed by atoms with van der Waals surface area (Å²) in [6, 6.07) is 0. The van der Waals surface area contributed by atoms with Crippen molar-refractivity contribution < 1.29 is 29.1 Å². The van der Waals surface area contributed by atoms with Crippen LogP contribution in [0.25, 0.3) is 0 Å². The molecule has 3 heterocycles. The molecule has 4 aliphatic rings. The number of carbonyl (C=O) groups is 2. The van der Waals surface area contributed by atoms with Crippen LogP contribution < -0.4 is 10.6 Å². The normalized spacial score (nSPS) is 37.8. The number of hydrogen-bond acceptors (Lipinski definition) is 8. The van der Waals surface area contributed by atoms with Crippen LogP contribution >= 0.6 is 0 Å². The van der Waals surface area contributed by atoms with Gasteiger partial charge in [0.25, 0.3) is 0 Å². The van der Waals surface area contributed by atoms with Gasteiger partial charge in [-0.3, -0.25) is 9.78 Å². The van der Waals surface area contributed by atoms with Gasteiger partial charge >= 0.3 is 11.9 Å². The molecule has 8 heteroatoms. The Balaban J connectivity index is 1.91. The third-order valence-corrected chi connectivity index (χ3v) is 9.31. The van der Waals surface area contributed by atoms with E-state index in [2.05, 4.69) is 66.0 Å². The molecule has 4 rings (SSSR count). The van der Waals surface area contributed by atoms with Crippen LogP contribution in [0, 0.1) is 17.3 Å². The van der Waals surface area contributed by atoms with Gasteiger partial charge in [-0.25, -0.2) is 9.59 Å². The van der Waals surface area contributed by atoms with Crippen LogP contribution in [0.15, 0.2) is 0 Å². The van der Waals surface area contributed by atoms with E-state index >= 15 is 0 Å². The Labute approximate surface area is 223 Å². The minimum atomic E-state index is -1.55. The smallest absolute Gasteiger partial charge is 0.307 e. The molecule has 2 unspecified atom stereocenters. The molecule has 0 aromatic carbocycles.